The second-order valence-corrected chi connectivity index (χ2v) is 6.82. The second kappa shape index (κ2) is 9.20. The zero-order valence-electron chi connectivity index (χ0n) is 15.2. The number of fused-ring (bicyclic) bond motifs is 2. The minimum absolute atomic E-state index is 0.0942. The molecule has 6 nitrogen and oxygen atoms in total. The van der Waals surface area contributed by atoms with Crippen molar-refractivity contribution in [3.8, 4) is 0 Å². The van der Waals surface area contributed by atoms with Crippen molar-refractivity contribution in [1.82, 2.24) is 0 Å². The van der Waals surface area contributed by atoms with Crippen LogP contribution in [-0.2, 0) is 19.1 Å². The zero-order valence-corrected chi connectivity index (χ0v) is 15.2. The Hall–Kier alpha value is -2.37. The molecular formula is C19H28O6. The highest BCUT2D eigenvalue weighted by molar-refractivity contribution is 5.81. The van der Waals surface area contributed by atoms with E-state index in [0.717, 1.165) is 18.6 Å². The van der Waals surface area contributed by atoms with Crippen molar-refractivity contribution in [1.29, 1.82) is 0 Å². The monoisotopic (exact) mass is 352 g/mol. The van der Waals surface area contributed by atoms with Gasteiger partial charge in [0.25, 0.3) is 0 Å². The Morgan fingerprint density at radius 1 is 1.00 bits per heavy atom. The summed E-state index contributed by atoms with van der Waals surface area (Å²) in [6, 6.07) is 0. The van der Waals surface area contributed by atoms with Gasteiger partial charge < -0.3 is 14.9 Å². The summed E-state index contributed by atoms with van der Waals surface area (Å²) in [5.74, 6) is -1.52. The molecule has 3 atom stereocenters. The molecule has 2 bridgehead atoms. The molecule has 2 aliphatic carbocycles. The molecule has 1 unspecified atom stereocenters. The number of carboxylic acid groups (broad SMARTS) is 2. The summed E-state index contributed by atoms with van der Waals surface area (Å²) >= 11 is 0. The molecule has 0 heterocycles. The topological polar surface area (TPSA) is 101 Å². The normalized spacial score (nSPS) is 27.5. The van der Waals surface area contributed by atoms with E-state index in [1.54, 1.807) is 0 Å². The first kappa shape index (κ1) is 22.6. The van der Waals surface area contributed by atoms with Crippen LogP contribution in [0.2, 0.25) is 0 Å². The molecule has 6 heteroatoms. The van der Waals surface area contributed by atoms with Crippen LogP contribution in [0.15, 0.2) is 38.0 Å². The predicted molar refractivity (Wildman–Crippen MR) is 95.0 cm³/mol. The van der Waals surface area contributed by atoms with Gasteiger partial charge in [-0.2, -0.15) is 0 Å². The van der Waals surface area contributed by atoms with E-state index in [-0.39, 0.29) is 17.5 Å². The first-order valence-electron chi connectivity index (χ1n) is 8.00. The van der Waals surface area contributed by atoms with Crippen molar-refractivity contribution in [3.63, 3.8) is 0 Å². The quantitative estimate of drug-likeness (QED) is 0.594. The lowest BCUT2D eigenvalue weighted by molar-refractivity contribution is -0.150. The summed E-state index contributed by atoms with van der Waals surface area (Å²) in [7, 11) is 0. The SMILES string of the molecule is C=CC(=O)O.C=CC(=O)O.C=CC(=O)OC1C[C@H]2CC[C@@]1(C)C2(C)C. The van der Waals surface area contributed by atoms with Crippen LogP contribution >= 0.6 is 0 Å². The number of carbonyl (C=O) groups is 3. The van der Waals surface area contributed by atoms with Crippen LogP contribution in [0, 0.1) is 16.7 Å². The van der Waals surface area contributed by atoms with Crippen LogP contribution in [0.5, 0.6) is 0 Å². The maximum atomic E-state index is 11.3. The Bertz CT molecular complexity index is 530. The van der Waals surface area contributed by atoms with Crippen LogP contribution in [0.25, 0.3) is 0 Å². The van der Waals surface area contributed by atoms with Gasteiger partial charge in [0.1, 0.15) is 6.10 Å². The van der Waals surface area contributed by atoms with E-state index >= 15 is 0 Å². The van der Waals surface area contributed by atoms with Crippen LogP contribution < -0.4 is 0 Å². The Morgan fingerprint density at radius 3 is 1.68 bits per heavy atom. The van der Waals surface area contributed by atoms with Gasteiger partial charge in [-0.1, -0.05) is 40.5 Å². The number of esters is 1. The average molecular weight is 352 g/mol. The first-order chi connectivity index (χ1) is 11.5. The third kappa shape index (κ3) is 5.59. The van der Waals surface area contributed by atoms with Crippen molar-refractivity contribution in [2.24, 2.45) is 16.7 Å². The summed E-state index contributed by atoms with van der Waals surface area (Å²) in [6.07, 6.45) is 6.52. The van der Waals surface area contributed by atoms with Gasteiger partial charge in [0.05, 0.1) is 0 Å². The summed E-state index contributed by atoms with van der Waals surface area (Å²) in [4.78, 5) is 29.8. The van der Waals surface area contributed by atoms with Crippen LogP contribution in [0.3, 0.4) is 0 Å². The van der Waals surface area contributed by atoms with Crippen molar-refractivity contribution in [3.05, 3.63) is 38.0 Å². The van der Waals surface area contributed by atoms with E-state index in [2.05, 4.69) is 40.5 Å². The number of carbonyl (C=O) groups excluding carboxylic acids is 1. The van der Waals surface area contributed by atoms with Gasteiger partial charge in [-0.25, -0.2) is 14.4 Å². The molecule has 0 radical (unpaired) electrons. The molecule has 2 aliphatic rings. The molecular weight excluding hydrogens is 324 g/mol. The molecule has 0 aromatic carbocycles. The lowest BCUT2D eigenvalue weighted by atomic mass is 9.70. The van der Waals surface area contributed by atoms with Crippen LogP contribution in [-0.4, -0.2) is 34.2 Å². The fraction of sp³-hybridized carbons (Fsp3) is 0.526. The minimum Gasteiger partial charge on any atom is -0.478 e. The van der Waals surface area contributed by atoms with Crippen molar-refractivity contribution < 1.29 is 29.3 Å². The third-order valence-electron chi connectivity index (χ3n) is 5.49. The number of aliphatic carboxylic acids is 2. The fourth-order valence-corrected chi connectivity index (χ4v) is 3.50. The maximum absolute atomic E-state index is 11.3. The molecule has 2 fully saturated rings. The van der Waals surface area contributed by atoms with Gasteiger partial charge in [0.2, 0.25) is 0 Å². The maximum Gasteiger partial charge on any atom is 0.330 e. The molecule has 0 aliphatic heterocycles. The molecule has 0 aromatic rings. The van der Waals surface area contributed by atoms with E-state index in [1.165, 1.54) is 18.9 Å². The minimum atomic E-state index is -0.981. The first-order valence-corrected chi connectivity index (χ1v) is 8.00. The molecule has 0 aromatic heterocycles. The molecule has 0 saturated heterocycles. The van der Waals surface area contributed by atoms with Crippen LogP contribution in [0.4, 0.5) is 0 Å². The van der Waals surface area contributed by atoms with Crippen molar-refractivity contribution in [2.45, 2.75) is 46.1 Å². The largest absolute Gasteiger partial charge is 0.478 e. The molecule has 0 spiro atoms. The molecule has 140 valence electrons. The number of ether oxygens (including phenoxy) is 1. The smallest absolute Gasteiger partial charge is 0.330 e. The van der Waals surface area contributed by atoms with Gasteiger partial charge in [0, 0.05) is 23.6 Å². The van der Waals surface area contributed by atoms with Crippen molar-refractivity contribution >= 4 is 17.9 Å². The lowest BCUT2D eigenvalue weighted by Crippen LogP contribution is -2.38. The van der Waals surface area contributed by atoms with Gasteiger partial charge in [-0.15, -0.1) is 0 Å². The standard InChI is InChI=1S/C13H20O2.2C3H4O2/c1-5-11(14)15-10-8-9-6-7-13(10,4)12(9,2)3;2*1-2-3(4)5/h5,9-10H,1,6-8H2,2-4H3;2*2H,1H2,(H,4,5)/t9-,10?,13-;;/m1../s1. The summed E-state index contributed by atoms with van der Waals surface area (Å²) in [5, 5.41) is 15.2. The van der Waals surface area contributed by atoms with Crippen molar-refractivity contribution in [2.75, 3.05) is 0 Å². The van der Waals surface area contributed by atoms with E-state index in [4.69, 9.17) is 14.9 Å². The highest BCUT2D eigenvalue weighted by atomic mass is 16.5. The second-order valence-electron chi connectivity index (χ2n) is 6.82. The Kier molecular flexibility index (Phi) is 8.33. The van der Waals surface area contributed by atoms with E-state index in [9.17, 15) is 14.4 Å². The number of hydrogen-bond acceptors (Lipinski definition) is 4. The average Bonchev–Trinajstić information content (AvgIpc) is 2.89. The van der Waals surface area contributed by atoms with Gasteiger partial charge in [-0.3, -0.25) is 0 Å². The highest BCUT2D eigenvalue weighted by Crippen LogP contribution is 2.66. The molecule has 25 heavy (non-hydrogen) atoms. The Balaban J connectivity index is 0.000000480. The van der Waals surface area contributed by atoms with Crippen LogP contribution in [0.1, 0.15) is 40.0 Å². The molecule has 2 N–H and O–H groups in total. The van der Waals surface area contributed by atoms with Gasteiger partial charge in [-0.05, 0) is 30.6 Å². The van der Waals surface area contributed by atoms with E-state index < -0.39 is 11.9 Å². The summed E-state index contributed by atoms with van der Waals surface area (Å²) < 4.78 is 5.48. The molecule has 2 rings (SSSR count). The number of carboxylic acids is 2. The number of hydrogen-bond donors (Lipinski definition) is 2. The summed E-state index contributed by atoms with van der Waals surface area (Å²) in [6.45, 7) is 16.3. The van der Waals surface area contributed by atoms with E-state index in [1.807, 2.05) is 0 Å². The Labute approximate surface area is 148 Å². The third-order valence-corrected chi connectivity index (χ3v) is 5.49. The molecule has 2 saturated carbocycles. The molecule has 0 amide bonds. The van der Waals surface area contributed by atoms with E-state index in [0.29, 0.717) is 11.3 Å². The fourth-order valence-electron chi connectivity index (χ4n) is 3.50. The predicted octanol–water partition coefficient (Wildman–Crippen LogP) is 3.44. The van der Waals surface area contributed by atoms with Gasteiger partial charge >= 0.3 is 17.9 Å². The Morgan fingerprint density at radius 2 is 1.44 bits per heavy atom. The zero-order chi connectivity index (χ0) is 19.8. The highest BCUT2D eigenvalue weighted by Gasteiger charge is 2.62. The van der Waals surface area contributed by atoms with Gasteiger partial charge in [0.15, 0.2) is 0 Å². The summed E-state index contributed by atoms with van der Waals surface area (Å²) in [5.41, 5.74) is 0.468. The lowest BCUT2D eigenvalue weighted by Gasteiger charge is -2.38. The number of rotatable bonds is 4.